The van der Waals surface area contributed by atoms with Gasteiger partial charge in [-0.1, -0.05) is 41.5 Å². The van der Waals surface area contributed by atoms with Crippen LogP contribution in [-0.2, 0) is 7.05 Å². The molecule has 0 amide bonds. The molecular formula is C20H20Cl2N6O2S. The molecule has 3 heterocycles. The summed E-state index contributed by atoms with van der Waals surface area (Å²) in [5.74, 6) is 0.171. The lowest BCUT2D eigenvalue weighted by atomic mass is 10.1. The van der Waals surface area contributed by atoms with Crippen molar-refractivity contribution in [3.8, 4) is 11.5 Å². The molecule has 4 rings (SSSR count). The van der Waals surface area contributed by atoms with Gasteiger partial charge in [-0.3, -0.25) is 0 Å². The Morgan fingerprint density at radius 3 is 2.71 bits per heavy atom. The standard InChI is InChI=1S/C20H20Cl2N6O2S/c1-11-24-16(21)15(17(22)25-11)19(31)28(10-13-6-4-8-23-13)14-7-3-5-12(9-14)18-26-27(2)20(29)30-18/h3,5,7,9,13,23H,4,6,8,10H2,1-2H3/t13-/m0/s1. The van der Waals surface area contributed by atoms with Crippen LogP contribution in [0.1, 0.15) is 24.2 Å². The summed E-state index contributed by atoms with van der Waals surface area (Å²) < 4.78 is 6.38. The van der Waals surface area contributed by atoms with Gasteiger partial charge in [-0.05, 0) is 44.5 Å². The van der Waals surface area contributed by atoms with Crippen molar-refractivity contribution in [1.82, 2.24) is 25.1 Å². The van der Waals surface area contributed by atoms with Crippen molar-refractivity contribution in [3.63, 3.8) is 0 Å². The van der Waals surface area contributed by atoms with Crippen molar-refractivity contribution in [2.24, 2.45) is 7.05 Å². The van der Waals surface area contributed by atoms with Gasteiger partial charge in [0.15, 0.2) is 0 Å². The zero-order valence-corrected chi connectivity index (χ0v) is 19.3. The molecule has 0 aliphatic carbocycles. The minimum atomic E-state index is -0.529. The molecule has 0 unspecified atom stereocenters. The van der Waals surface area contributed by atoms with Crippen molar-refractivity contribution < 1.29 is 4.42 Å². The molecule has 1 aromatic carbocycles. The van der Waals surface area contributed by atoms with Crippen molar-refractivity contribution in [3.05, 3.63) is 56.5 Å². The topological polar surface area (TPSA) is 89.1 Å². The van der Waals surface area contributed by atoms with Crippen LogP contribution in [0.4, 0.5) is 5.69 Å². The molecular weight excluding hydrogens is 459 g/mol. The van der Waals surface area contributed by atoms with Crippen LogP contribution >= 0.6 is 35.4 Å². The summed E-state index contributed by atoms with van der Waals surface area (Å²) >= 11 is 18.6. The maximum atomic E-state index is 11.7. The summed E-state index contributed by atoms with van der Waals surface area (Å²) in [7, 11) is 1.54. The molecule has 8 nitrogen and oxygen atoms in total. The number of nitrogens with one attached hydrogen (secondary N) is 1. The number of rotatable bonds is 5. The Kier molecular flexibility index (Phi) is 6.38. The summed E-state index contributed by atoms with van der Waals surface area (Å²) in [5.41, 5.74) is 1.86. The summed E-state index contributed by atoms with van der Waals surface area (Å²) in [6.45, 7) is 3.28. The van der Waals surface area contributed by atoms with E-state index in [9.17, 15) is 4.79 Å². The van der Waals surface area contributed by atoms with Crippen LogP contribution in [0.2, 0.25) is 10.3 Å². The van der Waals surface area contributed by atoms with Gasteiger partial charge < -0.3 is 14.6 Å². The lowest BCUT2D eigenvalue weighted by Crippen LogP contribution is -2.41. The zero-order chi connectivity index (χ0) is 22.1. The van der Waals surface area contributed by atoms with Gasteiger partial charge in [0.2, 0.25) is 5.89 Å². The van der Waals surface area contributed by atoms with E-state index in [4.69, 9.17) is 39.8 Å². The summed E-state index contributed by atoms with van der Waals surface area (Å²) in [6.07, 6.45) is 2.12. The number of nitrogens with zero attached hydrogens (tertiary/aromatic N) is 5. The Balaban J connectivity index is 1.76. The predicted octanol–water partition coefficient (Wildman–Crippen LogP) is 3.38. The number of anilines is 1. The van der Waals surface area contributed by atoms with Crippen LogP contribution < -0.4 is 16.0 Å². The average molecular weight is 479 g/mol. The van der Waals surface area contributed by atoms with E-state index < -0.39 is 5.76 Å². The van der Waals surface area contributed by atoms with Crippen molar-refractivity contribution in [1.29, 1.82) is 0 Å². The van der Waals surface area contributed by atoms with Gasteiger partial charge in [-0.25, -0.2) is 14.8 Å². The Hall–Kier alpha value is -2.33. The number of hydrogen-bond acceptors (Lipinski definition) is 7. The molecule has 11 heteroatoms. The van der Waals surface area contributed by atoms with Crippen LogP contribution in [0.15, 0.2) is 33.5 Å². The number of aromatic nitrogens is 4. The Morgan fingerprint density at radius 2 is 2.10 bits per heavy atom. The van der Waals surface area contributed by atoms with E-state index in [0.29, 0.717) is 28.5 Å². The molecule has 1 N–H and O–H groups in total. The molecule has 1 saturated heterocycles. The largest absolute Gasteiger partial charge is 0.437 e. The molecule has 0 spiro atoms. The maximum Gasteiger partial charge on any atom is 0.437 e. The van der Waals surface area contributed by atoms with E-state index >= 15 is 0 Å². The second kappa shape index (κ2) is 9.04. The van der Waals surface area contributed by atoms with E-state index in [-0.39, 0.29) is 22.2 Å². The molecule has 1 atom stereocenters. The SMILES string of the molecule is Cc1nc(Cl)c(C(=S)N(C[C@@H]2CCCN2)c2cccc(-c3nn(C)c(=O)o3)c2)c(Cl)n1. The van der Waals surface area contributed by atoms with Crippen LogP contribution in [0.5, 0.6) is 0 Å². The maximum absolute atomic E-state index is 11.7. The summed E-state index contributed by atoms with van der Waals surface area (Å²) in [4.78, 5) is 22.5. The molecule has 0 bridgehead atoms. The number of halogens is 2. The van der Waals surface area contributed by atoms with E-state index in [1.54, 1.807) is 6.92 Å². The van der Waals surface area contributed by atoms with E-state index in [2.05, 4.69) is 20.4 Å². The highest BCUT2D eigenvalue weighted by Gasteiger charge is 2.26. The molecule has 31 heavy (non-hydrogen) atoms. The van der Waals surface area contributed by atoms with Crippen molar-refractivity contribution in [2.75, 3.05) is 18.0 Å². The summed E-state index contributed by atoms with van der Waals surface area (Å²) in [5, 5.41) is 8.04. The van der Waals surface area contributed by atoms with Gasteiger partial charge >= 0.3 is 5.76 Å². The van der Waals surface area contributed by atoms with Gasteiger partial charge in [0.25, 0.3) is 0 Å². The molecule has 1 fully saturated rings. The van der Waals surface area contributed by atoms with Crippen molar-refractivity contribution in [2.45, 2.75) is 25.8 Å². The number of benzene rings is 1. The third-order valence-electron chi connectivity index (χ3n) is 5.05. The number of hydrogen-bond donors (Lipinski definition) is 1. The minimum absolute atomic E-state index is 0.207. The third-order valence-corrected chi connectivity index (χ3v) is 6.02. The summed E-state index contributed by atoms with van der Waals surface area (Å²) in [6, 6.07) is 7.70. The van der Waals surface area contributed by atoms with Crippen molar-refractivity contribution >= 4 is 46.1 Å². The first-order valence-corrected chi connectivity index (χ1v) is 10.9. The predicted molar refractivity (Wildman–Crippen MR) is 124 cm³/mol. The highest BCUT2D eigenvalue weighted by molar-refractivity contribution is 7.81. The molecule has 2 aromatic heterocycles. The first kappa shape index (κ1) is 21.9. The fraction of sp³-hybridized carbons (Fsp3) is 0.350. The first-order valence-electron chi connectivity index (χ1n) is 9.73. The normalized spacial score (nSPS) is 15.9. The van der Waals surface area contributed by atoms with Gasteiger partial charge in [-0.2, -0.15) is 4.68 Å². The third kappa shape index (κ3) is 4.64. The molecule has 1 aliphatic rings. The quantitative estimate of drug-likeness (QED) is 0.440. The van der Waals surface area contributed by atoms with Crippen LogP contribution in [0.3, 0.4) is 0 Å². The number of thiocarbonyl (C=S) groups is 1. The average Bonchev–Trinajstić information content (AvgIpc) is 3.35. The van der Waals surface area contributed by atoms with Gasteiger partial charge in [0, 0.05) is 30.9 Å². The Morgan fingerprint density at radius 1 is 1.35 bits per heavy atom. The fourth-order valence-electron chi connectivity index (χ4n) is 3.53. The fourth-order valence-corrected chi connectivity index (χ4v) is 4.66. The Bertz CT molecular complexity index is 1170. The Labute approximate surface area is 194 Å². The molecule has 0 radical (unpaired) electrons. The van der Waals surface area contributed by atoms with Crippen LogP contribution in [0, 0.1) is 6.92 Å². The van der Waals surface area contributed by atoms with E-state index in [1.165, 1.54) is 7.05 Å². The molecule has 1 aliphatic heterocycles. The highest BCUT2D eigenvalue weighted by atomic mass is 35.5. The lowest BCUT2D eigenvalue weighted by molar-refractivity contribution is 0.505. The first-order chi connectivity index (χ1) is 14.8. The molecule has 0 saturated carbocycles. The van der Waals surface area contributed by atoms with Crippen LogP contribution in [0.25, 0.3) is 11.5 Å². The van der Waals surface area contributed by atoms with Gasteiger partial charge in [0.05, 0.1) is 5.56 Å². The van der Waals surface area contributed by atoms with Gasteiger partial charge in [0.1, 0.15) is 21.1 Å². The highest BCUT2D eigenvalue weighted by Crippen LogP contribution is 2.29. The second-order valence-electron chi connectivity index (χ2n) is 7.28. The van der Waals surface area contributed by atoms with E-state index in [1.807, 2.05) is 29.2 Å². The zero-order valence-electron chi connectivity index (χ0n) is 16.9. The smallest absolute Gasteiger partial charge is 0.388 e. The van der Waals surface area contributed by atoms with Crippen LogP contribution in [-0.4, -0.2) is 43.9 Å². The number of aryl methyl sites for hydroxylation is 2. The monoisotopic (exact) mass is 478 g/mol. The molecule has 162 valence electrons. The second-order valence-corrected chi connectivity index (χ2v) is 8.39. The van der Waals surface area contributed by atoms with E-state index in [0.717, 1.165) is 29.8 Å². The molecule has 3 aromatic rings. The lowest BCUT2D eigenvalue weighted by Gasteiger charge is -2.29. The minimum Gasteiger partial charge on any atom is -0.388 e. The van der Waals surface area contributed by atoms with Gasteiger partial charge in [-0.15, -0.1) is 5.10 Å².